The molecule has 0 fully saturated rings. The molecule has 3 N–H and O–H groups in total. The molecular formula is C17H19ClN2O4S. The largest absolute Gasteiger partial charge is 0.381 e. The van der Waals surface area contributed by atoms with Gasteiger partial charge in [-0.1, -0.05) is 41.9 Å². The van der Waals surface area contributed by atoms with Crippen LogP contribution in [0.5, 0.6) is 0 Å². The van der Waals surface area contributed by atoms with Crippen molar-refractivity contribution in [2.75, 3.05) is 5.32 Å². The van der Waals surface area contributed by atoms with Crippen LogP contribution in [-0.2, 0) is 21.4 Å². The van der Waals surface area contributed by atoms with Gasteiger partial charge < -0.3 is 10.4 Å². The van der Waals surface area contributed by atoms with Crippen LogP contribution in [-0.4, -0.2) is 25.0 Å². The summed E-state index contributed by atoms with van der Waals surface area (Å²) in [4.78, 5) is 11.8. The van der Waals surface area contributed by atoms with E-state index in [-0.39, 0.29) is 22.2 Å². The minimum absolute atomic E-state index is 0.0188. The molecule has 0 spiro atoms. The average Bonchev–Trinajstić information content (AvgIpc) is 2.55. The fourth-order valence-corrected chi connectivity index (χ4v) is 3.23. The van der Waals surface area contributed by atoms with Crippen molar-refractivity contribution in [3.63, 3.8) is 0 Å². The van der Waals surface area contributed by atoms with Crippen LogP contribution >= 0.6 is 11.6 Å². The summed E-state index contributed by atoms with van der Waals surface area (Å²) in [6.45, 7) is 2.82. The van der Waals surface area contributed by atoms with Crippen LogP contribution in [0, 0.1) is 0 Å². The quantitative estimate of drug-likeness (QED) is 0.715. The molecule has 0 saturated carbocycles. The Morgan fingerprint density at radius 3 is 2.36 bits per heavy atom. The highest BCUT2D eigenvalue weighted by Crippen LogP contribution is 2.26. The molecule has 0 atom stereocenters. The number of anilines is 1. The summed E-state index contributed by atoms with van der Waals surface area (Å²) in [6.07, 6.45) is 0. The number of benzene rings is 2. The molecular weight excluding hydrogens is 364 g/mol. The molecule has 0 unspecified atom stereocenters. The van der Waals surface area contributed by atoms with Crippen molar-refractivity contribution in [1.82, 2.24) is 4.72 Å². The normalized spacial score (nSPS) is 12.0. The number of rotatable bonds is 6. The van der Waals surface area contributed by atoms with Crippen LogP contribution in [0.4, 0.5) is 5.69 Å². The first-order valence-corrected chi connectivity index (χ1v) is 9.33. The molecule has 0 radical (unpaired) electrons. The minimum Gasteiger partial charge on any atom is -0.381 e. The smallest absolute Gasteiger partial charge is 0.255 e. The maximum Gasteiger partial charge on any atom is 0.255 e. The average molecular weight is 383 g/mol. The van der Waals surface area contributed by atoms with E-state index >= 15 is 0 Å². The van der Waals surface area contributed by atoms with Crippen LogP contribution in [0.3, 0.4) is 0 Å². The highest BCUT2D eigenvalue weighted by atomic mass is 35.5. The molecule has 2 rings (SSSR count). The molecule has 2 aromatic carbocycles. The molecule has 1 amide bonds. The van der Waals surface area contributed by atoms with Gasteiger partial charge in [0.1, 0.15) is 5.60 Å². The van der Waals surface area contributed by atoms with Gasteiger partial charge in [-0.25, -0.2) is 13.1 Å². The van der Waals surface area contributed by atoms with Crippen LogP contribution < -0.4 is 10.0 Å². The topological polar surface area (TPSA) is 95.5 Å². The van der Waals surface area contributed by atoms with Gasteiger partial charge in [-0.15, -0.1) is 0 Å². The zero-order valence-corrected chi connectivity index (χ0v) is 15.4. The molecule has 8 heteroatoms. The molecule has 25 heavy (non-hydrogen) atoms. The number of carbonyl (C=O) groups is 1. The van der Waals surface area contributed by atoms with Crippen molar-refractivity contribution >= 4 is 33.2 Å². The standard InChI is InChI=1S/C17H19ClN2O4S/c1-17(2,22)16(21)20-15-9-8-13(10-14(15)18)25(23,24)19-11-12-6-4-3-5-7-12/h3-10,19,22H,11H2,1-2H3,(H,20,21). The lowest BCUT2D eigenvalue weighted by atomic mass is 10.1. The Balaban J connectivity index is 2.14. The highest BCUT2D eigenvalue weighted by molar-refractivity contribution is 7.89. The van der Waals surface area contributed by atoms with E-state index in [1.165, 1.54) is 32.0 Å². The van der Waals surface area contributed by atoms with E-state index in [4.69, 9.17) is 11.6 Å². The van der Waals surface area contributed by atoms with Crippen molar-refractivity contribution in [2.24, 2.45) is 0 Å². The summed E-state index contributed by atoms with van der Waals surface area (Å²) in [6, 6.07) is 13.1. The van der Waals surface area contributed by atoms with Crippen molar-refractivity contribution < 1.29 is 18.3 Å². The van der Waals surface area contributed by atoms with Crippen LogP contribution in [0.15, 0.2) is 53.4 Å². The number of halogens is 1. The summed E-state index contributed by atoms with van der Waals surface area (Å²) in [5, 5.41) is 12.1. The van der Waals surface area contributed by atoms with E-state index in [0.717, 1.165) is 5.56 Å². The molecule has 0 aliphatic rings. The summed E-state index contributed by atoms with van der Waals surface area (Å²) in [5.41, 5.74) is -0.535. The van der Waals surface area contributed by atoms with E-state index in [0.29, 0.717) is 0 Å². The summed E-state index contributed by atoms with van der Waals surface area (Å²) in [7, 11) is -3.75. The minimum atomic E-state index is -3.75. The highest BCUT2D eigenvalue weighted by Gasteiger charge is 2.25. The van der Waals surface area contributed by atoms with E-state index in [9.17, 15) is 18.3 Å². The fraction of sp³-hybridized carbons (Fsp3) is 0.235. The number of nitrogens with one attached hydrogen (secondary N) is 2. The Hall–Kier alpha value is -1.93. The first-order valence-electron chi connectivity index (χ1n) is 7.46. The van der Waals surface area contributed by atoms with Crippen molar-refractivity contribution in [1.29, 1.82) is 0 Å². The van der Waals surface area contributed by atoms with Gasteiger partial charge in [-0.3, -0.25) is 4.79 Å². The van der Waals surface area contributed by atoms with Gasteiger partial charge in [0.25, 0.3) is 5.91 Å². The SMILES string of the molecule is CC(C)(O)C(=O)Nc1ccc(S(=O)(=O)NCc2ccccc2)cc1Cl. The predicted octanol–water partition coefficient (Wildman–Crippen LogP) is 2.53. The van der Waals surface area contributed by atoms with Crippen LogP contribution in [0.2, 0.25) is 5.02 Å². The molecule has 0 aliphatic carbocycles. The van der Waals surface area contributed by atoms with E-state index in [2.05, 4.69) is 10.0 Å². The summed E-state index contributed by atoms with van der Waals surface area (Å²) < 4.78 is 27.2. The van der Waals surface area contributed by atoms with E-state index in [1.54, 1.807) is 0 Å². The van der Waals surface area contributed by atoms with Gasteiger partial charge in [0.05, 0.1) is 15.6 Å². The van der Waals surface area contributed by atoms with Crippen molar-refractivity contribution in [2.45, 2.75) is 30.9 Å². The van der Waals surface area contributed by atoms with Gasteiger partial charge in [0.2, 0.25) is 10.0 Å². The Kier molecular flexibility index (Phi) is 5.84. The van der Waals surface area contributed by atoms with Gasteiger partial charge in [0, 0.05) is 6.54 Å². The lowest BCUT2D eigenvalue weighted by Crippen LogP contribution is -2.36. The zero-order valence-electron chi connectivity index (χ0n) is 13.8. The monoisotopic (exact) mass is 382 g/mol. The first kappa shape index (κ1) is 19.4. The van der Waals surface area contributed by atoms with Crippen molar-refractivity contribution in [3.05, 3.63) is 59.1 Å². The molecule has 6 nitrogen and oxygen atoms in total. The number of carbonyl (C=O) groups excluding carboxylic acids is 1. The maximum absolute atomic E-state index is 12.4. The molecule has 0 saturated heterocycles. The molecule has 2 aromatic rings. The zero-order chi connectivity index (χ0) is 18.7. The lowest BCUT2D eigenvalue weighted by molar-refractivity contribution is -0.130. The second kappa shape index (κ2) is 7.53. The van der Waals surface area contributed by atoms with Crippen LogP contribution in [0.25, 0.3) is 0 Å². The summed E-state index contributed by atoms with van der Waals surface area (Å²) >= 11 is 6.06. The van der Waals surface area contributed by atoms with Crippen LogP contribution in [0.1, 0.15) is 19.4 Å². The van der Waals surface area contributed by atoms with Crippen molar-refractivity contribution in [3.8, 4) is 0 Å². The third-order valence-electron chi connectivity index (χ3n) is 3.36. The Morgan fingerprint density at radius 2 is 1.80 bits per heavy atom. The molecule has 0 bridgehead atoms. The number of hydrogen-bond donors (Lipinski definition) is 3. The van der Waals surface area contributed by atoms with E-state index < -0.39 is 21.5 Å². The molecule has 0 heterocycles. The Morgan fingerprint density at radius 1 is 1.16 bits per heavy atom. The Bertz CT molecular complexity index is 862. The summed E-state index contributed by atoms with van der Waals surface area (Å²) in [5.74, 6) is -0.646. The third kappa shape index (κ3) is 5.27. The third-order valence-corrected chi connectivity index (χ3v) is 5.08. The van der Waals surface area contributed by atoms with Gasteiger partial charge in [-0.05, 0) is 37.6 Å². The van der Waals surface area contributed by atoms with Gasteiger partial charge in [-0.2, -0.15) is 0 Å². The second-order valence-corrected chi connectivity index (χ2v) is 8.14. The first-order chi connectivity index (χ1) is 11.6. The number of aliphatic hydroxyl groups is 1. The van der Waals surface area contributed by atoms with Gasteiger partial charge >= 0.3 is 0 Å². The molecule has 134 valence electrons. The second-order valence-electron chi connectivity index (χ2n) is 5.96. The maximum atomic E-state index is 12.4. The van der Waals surface area contributed by atoms with E-state index in [1.807, 2.05) is 30.3 Å². The predicted molar refractivity (Wildman–Crippen MR) is 96.8 cm³/mol. The molecule has 0 aromatic heterocycles. The Labute approximate surface area is 151 Å². The number of amides is 1. The lowest BCUT2D eigenvalue weighted by Gasteiger charge is -2.17. The van der Waals surface area contributed by atoms with Gasteiger partial charge in [0.15, 0.2) is 0 Å². The number of hydrogen-bond acceptors (Lipinski definition) is 4. The fourth-order valence-electron chi connectivity index (χ4n) is 1.90. The molecule has 0 aliphatic heterocycles. The number of sulfonamides is 1.